The molecular formula is C15H15BrFNS. The summed E-state index contributed by atoms with van der Waals surface area (Å²) >= 11 is 5.10. The Kier molecular flexibility index (Phi) is 4.21. The third kappa shape index (κ3) is 3.98. The second kappa shape index (κ2) is 5.55. The van der Waals surface area contributed by atoms with Gasteiger partial charge in [0.05, 0.1) is 9.48 Å². The van der Waals surface area contributed by atoms with Gasteiger partial charge in [0.2, 0.25) is 0 Å². The van der Waals surface area contributed by atoms with Crippen LogP contribution in [0.5, 0.6) is 0 Å². The summed E-state index contributed by atoms with van der Waals surface area (Å²) in [6, 6.07) is 6.39. The minimum absolute atomic E-state index is 0.133. The Morgan fingerprint density at radius 1 is 1.21 bits per heavy atom. The number of nitrogens with zero attached hydrogens (tertiary/aromatic N) is 1. The summed E-state index contributed by atoms with van der Waals surface area (Å²) in [5.41, 5.74) is 1.91. The van der Waals surface area contributed by atoms with Gasteiger partial charge in [-0.1, -0.05) is 26.8 Å². The van der Waals surface area contributed by atoms with Gasteiger partial charge < -0.3 is 0 Å². The van der Waals surface area contributed by atoms with Crippen LogP contribution in [0.25, 0.3) is 17.3 Å². The molecule has 100 valence electrons. The average Bonchev–Trinajstić information content (AvgIpc) is 2.68. The van der Waals surface area contributed by atoms with Crippen LogP contribution < -0.4 is 0 Å². The van der Waals surface area contributed by atoms with Crippen LogP contribution in [0.2, 0.25) is 0 Å². The van der Waals surface area contributed by atoms with E-state index in [0.717, 1.165) is 20.1 Å². The minimum Gasteiger partial charge on any atom is -0.235 e. The van der Waals surface area contributed by atoms with Crippen molar-refractivity contribution in [2.75, 3.05) is 0 Å². The first-order chi connectivity index (χ1) is 8.85. The standard InChI is InChI=1S/C15H15BrFNS/c1-15(2,3)9-8-12-18-13(14(16)19-12)10-4-6-11(17)7-5-10/h4-9H,1-3H3/b9-8+. The fourth-order valence-corrected chi connectivity index (χ4v) is 3.03. The SMILES string of the molecule is CC(C)(C)/C=C/c1nc(-c2ccc(F)cc2)c(Br)s1. The molecule has 1 aromatic heterocycles. The zero-order valence-corrected chi connectivity index (χ0v) is 13.5. The van der Waals surface area contributed by atoms with Gasteiger partial charge in [-0.2, -0.15) is 0 Å². The van der Waals surface area contributed by atoms with E-state index in [1.807, 2.05) is 6.08 Å². The molecule has 0 aliphatic heterocycles. The van der Waals surface area contributed by atoms with Gasteiger partial charge >= 0.3 is 0 Å². The Hall–Kier alpha value is -1.00. The molecule has 0 saturated heterocycles. The van der Waals surface area contributed by atoms with E-state index in [0.29, 0.717) is 0 Å². The van der Waals surface area contributed by atoms with Crippen molar-refractivity contribution in [3.05, 3.63) is 45.0 Å². The molecular weight excluding hydrogens is 325 g/mol. The number of halogens is 2. The molecule has 0 fully saturated rings. The predicted molar refractivity (Wildman–Crippen MR) is 83.7 cm³/mol. The van der Waals surface area contributed by atoms with Crippen molar-refractivity contribution >= 4 is 33.3 Å². The van der Waals surface area contributed by atoms with E-state index in [4.69, 9.17) is 0 Å². The smallest absolute Gasteiger partial charge is 0.123 e. The topological polar surface area (TPSA) is 12.9 Å². The number of hydrogen-bond acceptors (Lipinski definition) is 2. The number of hydrogen-bond donors (Lipinski definition) is 0. The van der Waals surface area contributed by atoms with E-state index in [1.165, 1.54) is 12.1 Å². The zero-order valence-electron chi connectivity index (χ0n) is 11.1. The predicted octanol–water partition coefficient (Wildman–Crippen LogP) is 5.77. The highest BCUT2D eigenvalue weighted by Gasteiger charge is 2.11. The van der Waals surface area contributed by atoms with Crippen molar-refractivity contribution in [1.29, 1.82) is 0 Å². The van der Waals surface area contributed by atoms with Crippen molar-refractivity contribution in [2.45, 2.75) is 20.8 Å². The number of allylic oxidation sites excluding steroid dienone is 1. The van der Waals surface area contributed by atoms with Crippen molar-refractivity contribution in [1.82, 2.24) is 4.98 Å². The summed E-state index contributed by atoms with van der Waals surface area (Å²) < 4.78 is 13.9. The third-order valence-corrected chi connectivity index (χ3v) is 4.12. The number of thiazole rings is 1. The highest BCUT2D eigenvalue weighted by molar-refractivity contribution is 9.11. The fourth-order valence-electron chi connectivity index (χ4n) is 1.50. The Labute approximate surface area is 125 Å². The fraction of sp³-hybridized carbons (Fsp3) is 0.267. The molecule has 2 rings (SSSR count). The zero-order chi connectivity index (χ0) is 14.0. The number of benzene rings is 1. The van der Waals surface area contributed by atoms with E-state index in [-0.39, 0.29) is 11.2 Å². The van der Waals surface area contributed by atoms with Crippen LogP contribution in [0, 0.1) is 11.2 Å². The van der Waals surface area contributed by atoms with Gasteiger partial charge in [0, 0.05) is 5.56 Å². The molecule has 0 atom stereocenters. The molecule has 0 unspecified atom stereocenters. The van der Waals surface area contributed by atoms with Gasteiger partial charge in [-0.05, 0) is 51.7 Å². The molecule has 19 heavy (non-hydrogen) atoms. The third-order valence-electron chi connectivity index (χ3n) is 2.45. The monoisotopic (exact) mass is 339 g/mol. The summed E-state index contributed by atoms with van der Waals surface area (Å²) in [5, 5.41) is 0.945. The molecule has 0 N–H and O–H groups in total. The van der Waals surface area contributed by atoms with Gasteiger partial charge in [0.1, 0.15) is 10.8 Å². The molecule has 1 heterocycles. The Bertz CT molecular complexity index is 594. The van der Waals surface area contributed by atoms with E-state index in [9.17, 15) is 4.39 Å². The lowest BCUT2D eigenvalue weighted by Gasteiger charge is -2.10. The first-order valence-electron chi connectivity index (χ1n) is 5.97. The lowest BCUT2D eigenvalue weighted by molar-refractivity contribution is 0.547. The number of aromatic nitrogens is 1. The quantitative estimate of drug-likeness (QED) is 0.676. The van der Waals surface area contributed by atoms with Crippen LogP contribution in [0.15, 0.2) is 34.1 Å². The van der Waals surface area contributed by atoms with Crippen molar-refractivity contribution in [2.24, 2.45) is 5.41 Å². The van der Waals surface area contributed by atoms with Gasteiger partial charge in [-0.3, -0.25) is 0 Å². The molecule has 1 nitrogen and oxygen atoms in total. The van der Waals surface area contributed by atoms with Gasteiger partial charge in [-0.15, -0.1) is 11.3 Å². The van der Waals surface area contributed by atoms with E-state index >= 15 is 0 Å². The minimum atomic E-state index is -0.233. The van der Waals surface area contributed by atoms with E-state index in [1.54, 1.807) is 23.5 Å². The van der Waals surface area contributed by atoms with Crippen LogP contribution in [0.3, 0.4) is 0 Å². The normalized spacial score (nSPS) is 12.3. The van der Waals surface area contributed by atoms with Crippen molar-refractivity contribution in [3.8, 4) is 11.3 Å². The van der Waals surface area contributed by atoms with Gasteiger partial charge in [-0.25, -0.2) is 9.37 Å². The molecule has 4 heteroatoms. The molecule has 1 aromatic carbocycles. The van der Waals surface area contributed by atoms with Crippen molar-refractivity contribution < 1.29 is 4.39 Å². The molecule has 2 aromatic rings. The lowest BCUT2D eigenvalue weighted by atomic mass is 9.96. The molecule has 0 aliphatic carbocycles. The van der Waals surface area contributed by atoms with Crippen LogP contribution in [-0.4, -0.2) is 4.98 Å². The first kappa shape index (κ1) is 14.4. The summed E-state index contributed by atoms with van der Waals surface area (Å²) in [6.07, 6.45) is 4.16. The maximum atomic E-state index is 12.9. The molecule has 0 spiro atoms. The molecule has 0 radical (unpaired) electrons. The first-order valence-corrected chi connectivity index (χ1v) is 7.57. The highest BCUT2D eigenvalue weighted by atomic mass is 79.9. The average molecular weight is 340 g/mol. The van der Waals surface area contributed by atoms with Gasteiger partial charge in [0.25, 0.3) is 0 Å². The van der Waals surface area contributed by atoms with Crippen LogP contribution in [-0.2, 0) is 0 Å². The largest absolute Gasteiger partial charge is 0.235 e. The van der Waals surface area contributed by atoms with E-state index in [2.05, 4.69) is 47.8 Å². The van der Waals surface area contributed by atoms with Crippen LogP contribution >= 0.6 is 27.3 Å². The highest BCUT2D eigenvalue weighted by Crippen LogP contribution is 2.34. The van der Waals surface area contributed by atoms with Gasteiger partial charge in [0.15, 0.2) is 0 Å². The van der Waals surface area contributed by atoms with Crippen molar-refractivity contribution in [3.63, 3.8) is 0 Å². The van der Waals surface area contributed by atoms with Crippen LogP contribution in [0.1, 0.15) is 25.8 Å². The lowest BCUT2D eigenvalue weighted by Crippen LogP contribution is -1.97. The summed E-state index contributed by atoms with van der Waals surface area (Å²) in [5.74, 6) is -0.233. The van der Waals surface area contributed by atoms with Crippen LogP contribution in [0.4, 0.5) is 4.39 Å². The molecule has 0 bridgehead atoms. The maximum Gasteiger partial charge on any atom is 0.123 e. The van der Waals surface area contributed by atoms with E-state index < -0.39 is 0 Å². The second-order valence-corrected chi connectivity index (χ2v) is 7.73. The molecule has 0 amide bonds. The summed E-state index contributed by atoms with van der Waals surface area (Å²) in [6.45, 7) is 6.44. The number of rotatable bonds is 2. The summed E-state index contributed by atoms with van der Waals surface area (Å²) in [7, 11) is 0. The Balaban J connectivity index is 2.31. The Morgan fingerprint density at radius 3 is 2.42 bits per heavy atom. The Morgan fingerprint density at radius 2 is 1.84 bits per heavy atom. The summed E-state index contributed by atoms with van der Waals surface area (Å²) in [4.78, 5) is 4.58. The maximum absolute atomic E-state index is 12.9. The second-order valence-electron chi connectivity index (χ2n) is 5.38. The molecule has 0 aliphatic rings. The molecule has 0 saturated carbocycles.